The summed E-state index contributed by atoms with van der Waals surface area (Å²) >= 11 is 0. The molecule has 12 heavy (non-hydrogen) atoms. The van der Waals surface area contributed by atoms with E-state index >= 15 is 0 Å². The van der Waals surface area contributed by atoms with Crippen molar-refractivity contribution < 1.29 is 19.7 Å². The van der Waals surface area contributed by atoms with Crippen LogP contribution in [0.1, 0.15) is 13.8 Å². The molecule has 0 heterocycles. The molecular weight excluding hydrogens is 160 g/mol. The molecule has 0 fully saturated rings. The van der Waals surface area contributed by atoms with Crippen LogP contribution in [0.3, 0.4) is 0 Å². The molecule has 4 nitrogen and oxygen atoms in total. The summed E-state index contributed by atoms with van der Waals surface area (Å²) in [5.41, 5.74) is 0.281. The molecule has 0 amide bonds. The molecule has 0 spiro atoms. The lowest BCUT2D eigenvalue weighted by atomic mass is 10.2. The average molecular weight is 174 g/mol. The first-order valence-corrected chi connectivity index (χ1v) is 3.72. The highest BCUT2D eigenvalue weighted by Gasteiger charge is 2.06. The predicted octanol–water partition coefficient (Wildman–Crippen LogP) is 0.0541. The van der Waals surface area contributed by atoms with Crippen molar-refractivity contribution in [2.75, 3.05) is 13.2 Å². The number of hydrogen-bond donors (Lipinski definition) is 2. The normalized spacial score (nSPS) is 9.75. The third kappa shape index (κ3) is 4.10. The monoisotopic (exact) mass is 174 g/mol. The fourth-order valence-corrected chi connectivity index (χ4v) is 0.402. The maximum absolute atomic E-state index is 10.8. The molecule has 0 saturated carbocycles. The Morgan fingerprint density at radius 1 is 1.42 bits per heavy atom. The highest BCUT2D eigenvalue weighted by Crippen LogP contribution is 1.98. The van der Waals surface area contributed by atoms with Crippen molar-refractivity contribution >= 4 is 5.97 Å². The first-order valence-electron chi connectivity index (χ1n) is 3.72. The maximum atomic E-state index is 10.8. The summed E-state index contributed by atoms with van der Waals surface area (Å²) in [4.78, 5) is 10.8. The Kier molecular flexibility index (Phi) is 5.32. The van der Waals surface area contributed by atoms with Crippen LogP contribution >= 0.6 is 0 Å². The summed E-state index contributed by atoms with van der Waals surface area (Å²) in [6.07, 6.45) is 1.09. The molecule has 0 aliphatic heterocycles. The lowest BCUT2D eigenvalue weighted by Gasteiger charge is -2.03. The number of carbonyl (C=O) groups is 1. The number of hydrogen-bond acceptors (Lipinski definition) is 4. The van der Waals surface area contributed by atoms with Gasteiger partial charge in [-0.25, -0.2) is 0 Å². The maximum Gasteiger partial charge on any atom is 0.313 e. The molecule has 0 aliphatic rings. The van der Waals surface area contributed by atoms with Crippen molar-refractivity contribution in [3.63, 3.8) is 0 Å². The third-order valence-electron chi connectivity index (χ3n) is 1.22. The van der Waals surface area contributed by atoms with E-state index < -0.39 is 0 Å². The van der Waals surface area contributed by atoms with Gasteiger partial charge < -0.3 is 14.9 Å². The number of carbonyl (C=O) groups excluding carboxylic acids is 1. The summed E-state index contributed by atoms with van der Waals surface area (Å²) in [6.45, 7) is 2.80. The van der Waals surface area contributed by atoms with Gasteiger partial charge in [-0.3, -0.25) is 4.79 Å². The summed E-state index contributed by atoms with van der Waals surface area (Å²) in [5, 5.41) is 17.1. The minimum Gasteiger partial charge on any atom is -0.434 e. The van der Waals surface area contributed by atoms with Gasteiger partial charge in [-0.2, -0.15) is 0 Å². The van der Waals surface area contributed by atoms with Gasteiger partial charge in [0.15, 0.2) is 0 Å². The third-order valence-corrected chi connectivity index (χ3v) is 1.22. The fourth-order valence-electron chi connectivity index (χ4n) is 0.402. The molecule has 0 aromatic rings. The van der Waals surface area contributed by atoms with Crippen LogP contribution in [0, 0.1) is 5.92 Å². The molecule has 0 radical (unpaired) electrons. The quantitative estimate of drug-likeness (QED) is 0.467. The van der Waals surface area contributed by atoms with E-state index in [4.69, 9.17) is 10.2 Å². The largest absolute Gasteiger partial charge is 0.434 e. The molecule has 0 atom stereocenters. The first kappa shape index (κ1) is 11.1. The Morgan fingerprint density at radius 2 is 1.92 bits per heavy atom. The van der Waals surface area contributed by atoms with Gasteiger partial charge in [-0.05, 0) is 0 Å². The van der Waals surface area contributed by atoms with E-state index in [1.807, 2.05) is 0 Å². The van der Waals surface area contributed by atoms with Crippen molar-refractivity contribution in [3.05, 3.63) is 11.8 Å². The van der Waals surface area contributed by atoms with E-state index in [0.29, 0.717) is 0 Å². The number of rotatable bonds is 4. The van der Waals surface area contributed by atoms with E-state index in [1.54, 1.807) is 13.8 Å². The summed E-state index contributed by atoms with van der Waals surface area (Å²) in [6, 6.07) is 0. The Bertz CT molecular complexity index is 166. The van der Waals surface area contributed by atoms with E-state index in [0.717, 1.165) is 6.26 Å². The van der Waals surface area contributed by atoms with Crippen LogP contribution in [0.5, 0.6) is 0 Å². The summed E-state index contributed by atoms with van der Waals surface area (Å²) in [5.74, 6) is -0.589. The molecule has 2 N–H and O–H groups in total. The molecule has 70 valence electrons. The van der Waals surface area contributed by atoms with E-state index in [9.17, 15) is 4.79 Å². The molecule has 0 aliphatic carbocycles. The second-order valence-electron chi connectivity index (χ2n) is 2.68. The minimum atomic E-state index is -0.380. The fraction of sp³-hybridized carbons (Fsp3) is 0.625. The smallest absolute Gasteiger partial charge is 0.313 e. The van der Waals surface area contributed by atoms with Crippen LogP contribution in [0.15, 0.2) is 11.8 Å². The number of aliphatic hydroxyl groups is 2. The van der Waals surface area contributed by atoms with Crippen LogP contribution in [0.2, 0.25) is 0 Å². The van der Waals surface area contributed by atoms with Crippen molar-refractivity contribution in [2.45, 2.75) is 13.8 Å². The highest BCUT2D eigenvalue weighted by molar-refractivity contribution is 5.72. The van der Waals surface area contributed by atoms with Gasteiger partial charge in [0.1, 0.15) is 0 Å². The first-order chi connectivity index (χ1) is 5.61. The van der Waals surface area contributed by atoms with Crippen LogP contribution < -0.4 is 0 Å². The second kappa shape index (κ2) is 5.74. The molecule has 0 aromatic heterocycles. The van der Waals surface area contributed by atoms with Gasteiger partial charge in [0, 0.05) is 5.57 Å². The average Bonchev–Trinajstić information content (AvgIpc) is 2.05. The lowest BCUT2D eigenvalue weighted by Crippen LogP contribution is -2.09. The van der Waals surface area contributed by atoms with E-state index in [-0.39, 0.29) is 30.7 Å². The molecule has 0 saturated heterocycles. The van der Waals surface area contributed by atoms with Gasteiger partial charge in [0.05, 0.1) is 25.4 Å². The van der Waals surface area contributed by atoms with Gasteiger partial charge >= 0.3 is 5.97 Å². The van der Waals surface area contributed by atoms with Crippen LogP contribution in [-0.4, -0.2) is 29.4 Å². The molecule has 0 unspecified atom stereocenters. The molecule has 0 rings (SSSR count). The standard InChI is InChI=1S/C8H14O4/c1-6(2)8(11)12-5-7(3-9)4-10/h5-6,9-10H,3-4H2,1-2H3. The Labute approximate surface area is 71.5 Å². The van der Waals surface area contributed by atoms with Crippen molar-refractivity contribution in [1.82, 2.24) is 0 Å². The van der Waals surface area contributed by atoms with Crippen molar-refractivity contribution in [1.29, 1.82) is 0 Å². The molecular formula is C8H14O4. The lowest BCUT2D eigenvalue weighted by molar-refractivity contribution is -0.141. The zero-order chi connectivity index (χ0) is 9.56. The molecule has 0 aromatic carbocycles. The molecule has 4 heteroatoms. The second-order valence-corrected chi connectivity index (χ2v) is 2.68. The summed E-state index contributed by atoms with van der Waals surface area (Å²) in [7, 11) is 0. The van der Waals surface area contributed by atoms with Gasteiger partial charge in [-0.15, -0.1) is 0 Å². The highest BCUT2D eigenvalue weighted by atomic mass is 16.5. The minimum absolute atomic E-state index is 0.208. The van der Waals surface area contributed by atoms with Crippen LogP contribution in [-0.2, 0) is 9.53 Å². The number of aliphatic hydroxyl groups excluding tert-OH is 2. The van der Waals surface area contributed by atoms with Gasteiger partial charge in [0.25, 0.3) is 0 Å². The summed E-state index contributed by atoms with van der Waals surface area (Å²) < 4.78 is 4.63. The predicted molar refractivity (Wildman–Crippen MR) is 43.2 cm³/mol. The van der Waals surface area contributed by atoms with Gasteiger partial charge in [0.2, 0.25) is 0 Å². The zero-order valence-corrected chi connectivity index (χ0v) is 7.28. The Hall–Kier alpha value is -0.870. The number of ether oxygens (including phenoxy) is 1. The van der Waals surface area contributed by atoms with Crippen molar-refractivity contribution in [2.24, 2.45) is 5.92 Å². The van der Waals surface area contributed by atoms with E-state index in [2.05, 4.69) is 4.74 Å². The Balaban J connectivity index is 3.93. The van der Waals surface area contributed by atoms with Crippen LogP contribution in [0.25, 0.3) is 0 Å². The molecule has 0 bridgehead atoms. The number of esters is 1. The zero-order valence-electron chi connectivity index (χ0n) is 7.28. The Morgan fingerprint density at radius 3 is 2.25 bits per heavy atom. The van der Waals surface area contributed by atoms with Crippen molar-refractivity contribution in [3.8, 4) is 0 Å². The topological polar surface area (TPSA) is 66.8 Å². The van der Waals surface area contributed by atoms with Crippen LogP contribution in [0.4, 0.5) is 0 Å². The SMILES string of the molecule is CC(C)C(=O)OC=C(CO)CO. The van der Waals surface area contributed by atoms with E-state index in [1.165, 1.54) is 0 Å². The van der Waals surface area contributed by atoms with Gasteiger partial charge in [-0.1, -0.05) is 13.8 Å².